The second-order valence-corrected chi connectivity index (χ2v) is 4.24. The van der Waals surface area contributed by atoms with Crippen molar-refractivity contribution in [2.24, 2.45) is 5.92 Å². The van der Waals surface area contributed by atoms with Gasteiger partial charge in [-0.1, -0.05) is 6.92 Å². The zero-order valence-electron chi connectivity index (χ0n) is 8.66. The lowest BCUT2D eigenvalue weighted by Gasteiger charge is -2.29. The van der Waals surface area contributed by atoms with E-state index in [1.807, 2.05) is 4.90 Å². The number of carbonyl (C=O) groups is 1. The molecule has 1 amide bonds. The van der Waals surface area contributed by atoms with E-state index in [0.29, 0.717) is 19.1 Å². The van der Waals surface area contributed by atoms with Crippen molar-refractivity contribution in [3.05, 3.63) is 0 Å². The largest absolute Gasteiger partial charge is 0.378 e. The molecular formula is C10H18N2O2. The summed E-state index contributed by atoms with van der Waals surface area (Å²) in [4.78, 5) is 13.9. The van der Waals surface area contributed by atoms with Crippen molar-refractivity contribution in [3.63, 3.8) is 0 Å². The Balaban J connectivity index is 1.87. The molecule has 0 radical (unpaired) electrons. The van der Waals surface area contributed by atoms with Crippen molar-refractivity contribution in [2.75, 3.05) is 32.8 Å². The fraction of sp³-hybridized carbons (Fsp3) is 0.900. The molecule has 2 rings (SSSR count). The first-order valence-electron chi connectivity index (χ1n) is 5.37. The van der Waals surface area contributed by atoms with Crippen LogP contribution in [-0.4, -0.2) is 49.7 Å². The highest BCUT2D eigenvalue weighted by Crippen LogP contribution is 2.15. The minimum Gasteiger partial charge on any atom is -0.378 e. The fourth-order valence-electron chi connectivity index (χ4n) is 2.10. The minimum atomic E-state index is 0.0584. The van der Waals surface area contributed by atoms with Gasteiger partial charge >= 0.3 is 0 Å². The summed E-state index contributed by atoms with van der Waals surface area (Å²) in [6.07, 6.45) is 0.982. The van der Waals surface area contributed by atoms with Gasteiger partial charge in [0.15, 0.2) is 0 Å². The summed E-state index contributed by atoms with van der Waals surface area (Å²) in [7, 11) is 0. The Bertz CT molecular complexity index is 207. The van der Waals surface area contributed by atoms with E-state index < -0.39 is 0 Å². The van der Waals surface area contributed by atoms with Gasteiger partial charge in [-0.25, -0.2) is 0 Å². The number of nitrogens with zero attached hydrogens (tertiary/aromatic N) is 1. The Morgan fingerprint density at radius 3 is 2.71 bits per heavy atom. The Labute approximate surface area is 84.6 Å². The Morgan fingerprint density at radius 1 is 1.43 bits per heavy atom. The third kappa shape index (κ3) is 2.07. The van der Waals surface area contributed by atoms with E-state index >= 15 is 0 Å². The van der Waals surface area contributed by atoms with Gasteiger partial charge in [0, 0.05) is 13.1 Å². The van der Waals surface area contributed by atoms with Crippen LogP contribution in [0.15, 0.2) is 0 Å². The third-order valence-corrected chi connectivity index (χ3v) is 2.97. The van der Waals surface area contributed by atoms with E-state index in [4.69, 9.17) is 4.74 Å². The number of ether oxygens (including phenoxy) is 1. The van der Waals surface area contributed by atoms with Gasteiger partial charge < -0.3 is 15.0 Å². The standard InChI is InChI=1S/C10H18N2O2/c1-8-6-9(11-7-8)10(13)12-2-4-14-5-3-12/h8-9,11H,2-7H2,1H3/t8?,9-/m0/s1. The predicted molar refractivity (Wildman–Crippen MR) is 53.0 cm³/mol. The Hall–Kier alpha value is -0.610. The molecule has 1 unspecified atom stereocenters. The summed E-state index contributed by atoms with van der Waals surface area (Å²) in [6, 6.07) is 0.0584. The maximum Gasteiger partial charge on any atom is 0.239 e. The molecule has 80 valence electrons. The van der Waals surface area contributed by atoms with E-state index in [9.17, 15) is 4.79 Å². The summed E-state index contributed by atoms with van der Waals surface area (Å²) < 4.78 is 5.22. The molecule has 0 aromatic rings. The zero-order chi connectivity index (χ0) is 9.97. The monoisotopic (exact) mass is 198 g/mol. The van der Waals surface area contributed by atoms with Gasteiger partial charge in [0.1, 0.15) is 0 Å². The molecule has 2 atom stereocenters. The highest BCUT2D eigenvalue weighted by molar-refractivity contribution is 5.82. The van der Waals surface area contributed by atoms with Gasteiger partial charge in [-0.05, 0) is 18.9 Å². The van der Waals surface area contributed by atoms with E-state index in [2.05, 4.69) is 12.2 Å². The summed E-state index contributed by atoms with van der Waals surface area (Å²) in [5, 5.41) is 3.27. The lowest BCUT2D eigenvalue weighted by molar-refractivity contribution is -0.137. The molecule has 2 heterocycles. The van der Waals surface area contributed by atoms with Gasteiger partial charge in [-0.3, -0.25) is 4.79 Å². The smallest absolute Gasteiger partial charge is 0.239 e. The normalized spacial score (nSPS) is 33.4. The Kier molecular flexibility index (Phi) is 3.03. The summed E-state index contributed by atoms with van der Waals surface area (Å²) in [5.41, 5.74) is 0. The van der Waals surface area contributed by atoms with Crippen LogP contribution in [0.1, 0.15) is 13.3 Å². The maximum absolute atomic E-state index is 12.0. The maximum atomic E-state index is 12.0. The molecule has 14 heavy (non-hydrogen) atoms. The molecule has 2 aliphatic heterocycles. The van der Waals surface area contributed by atoms with Crippen LogP contribution in [0.4, 0.5) is 0 Å². The average molecular weight is 198 g/mol. The number of nitrogens with one attached hydrogen (secondary N) is 1. The van der Waals surface area contributed by atoms with E-state index in [1.165, 1.54) is 0 Å². The lowest BCUT2D eigenvalue weighted by Crippen LogP contribution is -2.48. The quantitative estimate of drug-likeness (QED) is 0.637. The molecule has 4 heteroatoms. The summed E-state index contributed by atoms with van der Waals surface area (Å²) in [6.45, 7) is 6.04. The van der Waals surface area contributed by atoms with E-state index in [0.717, 1.165) is 26.1 Å². The van der Waals surface area contributed by atoms with Crippen molar-refractivity contribution in [1.29, 1.82) is 0 Å². The molecule has 4 nitrogen and oxygen atoms in total. The topological polar surface area (TPSA) is 41.6 Å². The van der Waals surface area contributed by atoms with Gasteiger partial charge in [0.05, 0.1) is 19.3 Å². The predicted octanol–water partition coefficient (Wildman–Crippen LogP) is -0.157. The Morgan fingerprint density at radius 2 is 2.14 bits per heavy atom. The van der Waals surface area contributed by atoms with Crippen molar-refractivity contribution in [3.8, 4) is 0 Å². The molecule has 0 aromatic heterocycles. The molecular weight excluding hydrogens is 180 g/mol. The average Bonchev–Trinajstić information content (AvgIpc) is 2.65. The van der Waals surface area contributed by atoms with E-state index in [-0.39, 0.29) is 11.9 Å². The van der Waals surface area contributed by atoms with Crippen LogP contribution in [0.25, 0.3) is 0 Å². The molecule has 2 saturated heterocycles. The number of carbonyl (C=O) groups excluding carboxylic acids is 1. The summed E-state index contributed by atoms with van der Waals surface area (Å²) in [5.74, 6) is 0.891. The molecule has 1 N–H and O–H groups in total. The van der Waals surface area contributed by atoms with Crippen LogP contribution in [0.3, 0.4) is 0 Å². The van der Waals surface area contributed by atoms with Gasteiger partial charge in [-0.2, -0.15) is 0 Å². The number of hydrogen-bond donors (Lipinski definition) is 1. The molecule has 0 saturated carbocycles. The number of rotatable bonds is 1. The number of amides is 1. The highest BCUT2D eigenvalue weighted by atomic mass is 16.5. The van der Waals surface area contributed by atoms with Gasteiger partial charge in [0.2, 0.25) is 5.91 Å². The van der Waals surface area contributed by atoms with Gasteiger partial charge in [-0.15, -0.1) is 0 Å². The molecule has 0 aliphatic carbocycles. The van der Waals surface area contributed by atoms with Crippen molar-refractivity contribution in [2.45, 2.75) is 19.4 Å². The second kappa shape index (κ2) is 4.28. The van der Waals surface area contributed by atoms with Crippen LogP contribution in [0.2, 0.25) is 0 Å². The van der Waals surface area contributed by atoms with Crippen LogP contribution < -0.4 is 5.32 Å². The van der Waals surface area contributed by atoms with Crippen molar-refractivity contribution < 1.29 is 9.53 Å². The molecule has 0 aromatic carbocycles. The fourth-order valence-corrected chi connectivity index (χ4v) is 2.10. The minimum absolute atomic E-state index is 0.0584. The second-order valence-electron chi connectivity index (χ2n) is 4.24. The van der Waals surface area contributed by atoms with Crippen LogP contribution in [0, 0.1) is 5.92 Å². The first kappa shape index (κ1) is 9.93. The lowest BCUT2D eigenvalue weighted by atomic mass is 10.1. The van der Waals surface area contributed by atoms with Crippen molar-refractivity contribution >= 4 is 5.91 Å². The first-order valence-corrected chi connectivity index (χ1v) is 5.37. The number of hydrogen-bond acceptors (Lipinski definition) is 3. The third-order valence-electron chi connectivity index (χ3n) is 2.97. The zero-order valence-corrected chi connectivity index (χ0v) is 8.66. The van der Waals surface area contributed by atoms with Crippen LogP contribution >= 0.6 is 0 Å². The number of morpholine rings is 1. The molecule has 0 bridgehead atoms. The summed E-state index contributed by atoms with van der Waals surface area (Å²) >= 11 is 0. The van der Waals surface area contributed by atoms with E-state index in [1.54, 1.807) is 0 Å². The van der Waals surface area contributed by atoms with Crippen LogP contribution in [-0.2, 0) is 9.53 Å². The molecule has 2 fully saturated rings. The first-order chi connectivity index (χ1) is 6.77. The van der Waals surface area contributed by atoms with Crippen LogP contribution in [0.5, 0.6) is 0 Å². The SMILES string of the molecule is CC1CN[C@H](C(=O)N2CCOCC2)C1. The van der Waals surface area contributed by atoms with Gasteiger partial charge in [0.25, 0.3) is 0 Å². The molecule has 0 spiro atoms. The van der Waals surface area contributed by atoms with Crippen molar-refractivity contribution in [1.82, 2.24) is 10.2 Å². The molecule has 2 aliphatic rings. The highest BCUT2D eigenvalue weighted by Gasteiger charge is 2.30.